The Balaban J connectivity index is 1.71. The molecule has 2 aromatic carbocycles. The van der Waals surface area contributed by atoms with E-state index >= 15 is 0 Å². The number of hydrogen-bond acceptors (Lipinski definition) is 7. The zero-order valence-electron chi connectivity index (χ0n) is 18.1. The molecular formula is C23H21N3O4S4. The quantitative estimate of drug-likeness (QED) is 0.193. The summed E-state index contributed by atoms with van der Waals surface area (Å²) in [4.78, 5) is 15.6. The number of para-hydroxylation sites is 1. The number of nitrogens with zero attached hydrogens (tertiary/aromatic N) is 3. The van der Waals surface area contributed by atoms with Crippen molar-refractivity contribution in [2.24, 2.45) is 0 Å². The summed E-state index contributed by atoms with van der Waals surface area (Å²) in [6.45, 7) is 1.90. The molecule has 1 aliphatic rings. The molecule has 2 heterocycles. The van der Waals surface area contributed by atoms with E-state index in [2.05, 4.69) is 6.92 Å². The van der Waals surface area contributed by atoms with E-state index in [0.717, 1.165) is 39.2 Å². The number of rotatable bonds is 8. The molecule has 1 amide bonds. The van der Waals surface area contributed by atoms with E-state index in [0.29, 0.717) is 10.6 Å². The van der Waals surface area contributed by atoms with Gasteiger partial charge in [0, 0.05) is 28.8 Å². The van der Waals surface area contributed by atoms with E-state index in [1.807, 2.05) is 60.8 Å². The van der Waals surface area contributed by atoms with E-state index < -0.39 is 21.8 Å². The van der Waals surface area contributed by atoms with Gasteiger partial charge in [-0.2, -0.15) is 13.5 Å². The van der Waals surface area contributed by atoms with Gasteiger partial charge < -0.3 is 0 Å². The molecule has 1 aliphatic heterocycles. The van der Waals surface area contributed by atoms with Crippen LogP contribution < -0.4 is 0 Å². The molecule has 0 bridgehead atoms. The van der Waals surface area contributed by atoms with Crippen LogP contribution in [-0.4, -0.2) is 55.9 Å². The van der Waals surface area contributed by atoms with Gasteiger partial charge in [-0.3, -0.25) is 14.2 Å². The molecule has 1 aromatic heterocycles. The molecule has 1 fully saturated rings. The van der Waals surface area contributed by atoms with Gasteiger partial charge in [0.1, 0.15) is 4.32 Å². The summed E-state index contributed by atoms with van der Waals surface area (Å²) in [6, 6.07) is 17.8. The average molecular weight is 532 g/mol. The lowest BCUT2D eigenvalue weighted by Gasteiger charge is -2.12. The minimum Gasteiger partial charge on any atom is -0.292 e. The minimum absolute atomic E-state index is 0.201. The number of aromatic nitrogens is 2. The maximum atomic E-state index is 12.9. The first-order valence-electron chi connectivity index (χ1n) is 10.3. The molecule has 0 radical (unpaired) electrons. The van der Waals surface area contributed by atoms with Crippen LogP contribution in [0.4, 0.5) is 0 Å². The third kappa shape index (κ3) is 5.78. The van der Waals surface area contributed by atoms with Gasteiger partial charge >= 0.3 is 0 Å². The van der Waals surface area contributed by atoms with Gasteiger partial charge in [-0.15, -0.1) is 11.8 Å². The highest BCUT2D eigenvalue weighted by atomic mass is 32.2. The first-order valence-corrected chi connectivity index (χ1v) is 14.2. The van der Waals surface area contributed by atoms with Crippen LogP contribution in [-0.2, 0) is 14.9 Å². The second kappa shape index (κ2) is 10.4. The lowest BCUT2D eigenvalue weighted by atomic mass is 10.1. The fourth-order valence-corrected chi connectivity index (χ4v) is 5.72. The van der Waals surface area contributed by atoms with Crippen LogP contribution >= 0.6 is 35.7 Å². The van der Waals surface area contributed by atoms with Crippen molar-refractivity contribution in [3.63, 3.8) is 0 Å². The molecule has 3 aromatic rings. The van der Waals surface area contributed by atoms with E-state index in [9.17, 15) is 13.2 Å². The number of benzene rings is 2. The molecule has 1 saturated heterocycles. The molecule has 7 nitrogen and oxygen atoms in total. The molecular weight excluding hydrogens is 511 g/mol. The van der Waals surface area contributed by atoms with Crippen LogP contribution in [0, 0.1) is 0 Å². The van der Waals surface area contributed by atoms with Crippen molar-refractivity contribution in [1.82, 2.24) is 14.7 Å². The smallest absolute Gasteiger partial charge is 0.266 e. The van der Waals surface area contributed by atoms with Crippen LogP contribution in [0.2, 0.25) is 0 Å². The third-order valence-corrected chi connectivity index (χ3v) is 7.91. The predicted octanol–water partition coefficient (Wildman–Crippen LogP) is 4.74. The first kappa shape index (κ1) is 24.7. The van der Waals surface area contributed by atoms with Crippen LogP contribution in [0.1, 0.15) is 12.5 Å². The van der Waals surface area contributed by atoms with Crippen molar-refractivity contribution >= 4 is 62.2 Å². The van der Waals surface area contributed by atoms with Gasteiger partial charge in [0.2, 0.25) is 0 Å². The third-order valence-electron chi connectivity index (χ3n) is 4.94. The summed E-state index contributed by atoms with van der Waals surface area (Å²) in [5.41, 5.74) is 3.22. The summed E-state index contributed by atoms with van der Waals surface area (Å²) < 4.78 is 33.3. The average Bonchev–Trinajstić information content (AvgIpc) is 3.34. The Labute approximate surface area is 212 Å². The van der Waals surface area contributed by atoms with Crippen molar-refractivity contribution in [2.45, 2.75) is 11.8 Å². The second-order valence-corrected chi connectivity index (χ2v) is 11.9. The molecule has 1 N–H and O–H groups in total. The topological polar surface area (TPSA) is 92.5 Å². The maximum absolute atomic E-state index is 12.9. The van der Waals surface area contributed by atoms with E-state index in [4.69, 9.17) is 21.9 Å². The molecule has 0 saturated carbocycles. The Morgan fingerprint density at radius 2 is 1.85 bits per heavy atom. The first-order chi connectivity index (χ1) is 16.2. The van der Waals surface area contributed by atoms with Crippen LogP contribution in [0.5, 0.6) is 0 Å². The van der Waals surface area contributed by atoms with Gasteiger partial charge in [-0.25, -0.2) is 4.68 Å². The van der Waals surface area contributed by atoms with Crippen LogP contribution in [0.25, 0.3) is 23.0 Å². The Hall–Kier alpha value is -2.44. The molecule has 4 rings (SSSR count). The van der Waals surface area contributed by atoms with Gasteiger partial charge in [0.15, 0.2) is 0 Å². The van der Waals surface area contributed by atoms with Gasteiger partial charge in [-0.05, 0) is 36.1 Å². The summed E-state index contributed by atoms with van der Waals surface area (Å²) in [5, 5.41) is 4.79. The Morgan fingerprint density at radius 1 is 1.15 bits per heavy atom. The molecule has 0 spiro atoms. The fourth-order valence-electron chi connectivity index (χ4n) is 3.35. The normalized spacial score (nSPS) is 15.5. The minimum atomic E-state index is -4.21. The van der Waals surface area contributed by atoms with E-state index in [1.165, 1.54) is 4.90 Å². The van der Waals surface area contributed by atoms with Gasteiger partial charge in [0.25, 0.3) is 16.0 Å². The van der Waals surface area contributed by atoms with E-state index in [-0.39, 0.29) is 10.9 Å². The summed E-state index contributed by atoms with van der Waals surface area (Å²) in [7, 11) is -4.21. The number of carbonyl (C=O) groups excluding carboxylic acids is 1. The van der Waals surface area contributed by atoms with E-state index in [1.54, 1.807) is 22.5 Å². The Morgan fingerprint density at radius 3 is 2.50 bits per heavy atom. The SMILES string of the molecule is CCSc1ccc(-c2nn(-c3ccccc3)cc2C=C2SC(=S)N(CCS(=O)(=O)O)C2=O)cc1. The van der Waals surface area contributed by atoms with Crippen molar-refractivity contribution < 1.29 is 17.8 Å². The summed E-state index contributed by atoms with van der Waals surface area (Å²) >= 11 is 8.12. The zero-order chi connectivity index (χ0) is 24.3. The van der Waals surface area contributed by atoms with Crippen molar-refractivity contribution in [3.05, 3.63) is 71.3 Å². The number of thioether (sulfide) groups is 2. The largest absolute Gasteiger partial charge is 0.292 e. The molecule has 11 heteroatoms. The van der Waals surface area contributed by atoms with Gasteiger partial charge in [-0.1, -0.05) is 61.2 Å². The monoisotopic (exact) mass is 531 g/mol. The van der Waals surface area contributed by atoms with Crippen LogP contribution in [0.15, 0.2) is 70.6 Å². The highest BCUT2D eigenvalue weighted by molar-refractivity contribution is 8.26. The number of hydrogen-bond donors (Lipinski definition) is 1. The second-order valence-electron chi connectivity index (χ2n) is 7.29. The van der Waals surface area contributed by atoms with Gasteiger partial charge in [0.05, 0.1) is 22.0 Å². The molecule has 34 heavy (non-hydrogen) atoms. The van der Waals surface area contributed by atoms with Crippen molar-refractivity contribution in [3.8, 4) is 16.9 Å². The number of carbonyl (C=O) groups is 1. The highest BCUT2D eigenvalue weighted by Gasteiger charge is 2.33. The molecule has 0 aliphatic carbocycles. The lowest BCUT2D eigenvalue weighted by molar-refractivity contribution is -0.121. The molecule has 176 valence electrons. The molecule has 0 unspecified atom stereocenters. The zero-order valence-corrected chi connectivity index (χ0v) is 21.4. The number of amides is 1. The number of thiocarbonyl (C=S) groups is 1. The fraction of sp³-hybridized carbons (Fsp3) is 0.174. The maximum Gasteiger partial charge on any atom is 0.266 e. The predicted molar refractivity (Wildman–Crippen MR) is 142 cm³/mol. The Bertz CT molecular complexity index is 1350. The summed E-state index contributed by atoms with van der Waals surface area (Å²) in [5.74, 6) is 0.00495. The van der Waals surface area contributed by atoms with Crippen molar-refractivity contribution in [2.75, 3.05) is 18.1 Å². The molecule has 0 atom stereocenters. The lowest BCUT2D eigenvalue weighted by Crippen LogP contribution is -2.32. The standard InChI is InChI=1S/C23H21N3O4S4/c1-2-32-19-10-8-16(9-11-19)21-17(15-26(24-21)18-6-4-3-5-7-18)14-20-22(27)25(23(31)33-20)12-13-34(28,29)30/h3-11,14-15H,2,12-13H2,1H3,(H,28,29,30). The highest BCUT2D eigenvalue weighted by Crippen LogP contribution is 2.35. The van der Waals surface area contributed by atoms with Crippen molar-refractivity contribution in [1.29, 1.82) is 0 Å². The Kier molecular flexibility index (Phi) is 7.58. The van der Waals surface area contributed by atoms with Crippen LogP contribution in [0.3, 0.4) is 0 Å². The summed E-state index contributed by atoms with van der Waals surface area (Å²) in [6.07, 6.45) is 3.58.